The van der Waals surface area contributed by atoms with Gasteiger partial charge in [0.1, 0.15) is 24.0 Å². The average molecular weight is 332 g/mol. The van der Waals surface area contributed by atoms with Gasteiger partial charge in [-0.25, -0.2) is 9.97 Å². The number of nitrogens with one attached hydrogen (secondary N) is 1. The van der Waals surface area contributed by atoms with Gasteiger partial charge in [0, 0.05) is 17.6 Å². The number of nitrogens with zero attached hydrogens (tertiary/aromatic N) is 4. The number of para-hydroxylation sites is 1. The molecule has 102 valence electrons. The molecule has 0 bridgehead atoms. The van der Waals surface area contributed by atoms with Crippen molar-refractivity contribution in [3.05, 3.63) is 40.6 Å². The molecule has 6 heteroatoms. The van der Waals surface area contributed by atoms with Crippen molar-refractivity contribution >= 4 is 33.3 Å². The molecule has 2 aromatic rings. The highest BCUT2D eigenvalue weighted by Gasteiger charge is 2.07. The molecule has 0 atom stereocenters. The van der Waals surface area contributed by atoms with Crippen LogP contribution in [-0.2, 0) is 0 Å². The number of anilines is 3. The van der Waals surface area contributed by atoms with Crippen LogP contribution in [0, 0.1) is 18.3 Å². The monoisotopic (exact) mass is 331 g/mol. The Labute approximate surface area is 126 Å². The van der Waals surface area contributed by atoms with Crippen molar-refractivity contribution in [3.63, 3.8) is 0 Å². The van der Waals surface area contributed by atoms with E-state index in [0.29, 0.717) is 17.5 Å². The van der Waals surface area contributed by atoms with Crippen molar-refractivity contribution in [2.45, 2.75) is 6.92 Å². The summed E-state index contributed by atoms with van der Waals surface area (Å²) in [6, 6.07) is 11.7. The summed E-state index contributed by atoms with van der Waals surface area (Å²) < 4.78 is 0.961. The van der Waals surface area contributed by atoms with E-state index in [9.17, 15) is 0 Å². The van der Waals surface area contributed by atoms with Crippen LogP contribution in [0.1, 0.15) is 5.82 Å². The van der Waals surface area contributed by atoms with Gasteiger partial charge in [0.15, 0.2) is 0 Å². The van der Waals surface area contributed by atoms with Gasteiger partial charge in [0.25, 0.3) is 0 Å². The van der Waals surface area contributed by atoms with E-state index in [4.69, 9.17) is 5.26 Å². The Morgan fingerprint density at radius 1 is 1.35 bits per heavy atom. The van der Waals surface area contributed by atoms with Crippen LogP contribution in [-0.4, -0.2) is 23.6 Å². The Balaban J connectivity index is 2.29. The molecule has 1 N–H and O–H groups in total. The minimum Gasteiger partial charge on any atom is -0.346 e. The van der Waals surface area contributed by atoms with E-state index in [2.05, 4.69) is 37.3 Å². The molecule has 0 aliphatic rings. The molecule has 2 rings (SSSR count). The first-order chi connectivity index (χ1) is 9.60. The van der Waals surface area contributed by atoms with Crippen molar-refractivity contribution in [2.24, 2.45) is 0 Å². The molecule has 1 aromatic heterocycles. The van der Waals surface area contributed by atoms with Gasteiger partial charge in [0.2, 0.25) is 0 Å². The molecule has 0 aliphatic heterocycles. The van der Waals surface area contributed by atoms with Gasteiger partial charge in [-0.05, 0) is 35.0 Å². The third-order valence-electron chi connectivity index (χ3n) is 2.66. The third-order valence-corrected chi connectivity index (χ3v) is 3.35. The number of benzene rings is 1. The van der Waals surface area contributed by atoms with Crippen LogP contribution < -0.4 is 10.2 Å². The van der Waals surface area contributed by atoms with Crippen molar-refractivity contribution in [1.29, 1.82) is 5.26 Å². The van der Waals surface area contributed by atoms with E-state index in [0.717, 1.165) is 10.2 Å². The molecule has 0 saturated heterocycles. The standard InChI is InChI=1S/C14H14BrN5/c1-10-17-13(9-14(18-10)20(2)8-7-16)19-12-6-4-3-5-11(12)15/h3-6,9H,8H2,1-2H3,(H,17,18,19). The van der Waals surface area contributed by atoms with Crippen molar-refractivity contribution in [3.8, 4) is 6.07 Å². The summed E-state index contributed by atoms with van der Waals surface area (Å²) in [6.07, 6.45) is 0. The summed E-state index contributed by atoms with van der Waals surface area (Å²) in [5, 5.41) is 12.0. The first kappa shape index (κ1) is 14.3. The minimum atomic E-state index is 0.283. The summed E-state index contributed by atoms with van der Waals surface area (Å²) >= 11 is 3.49. The number of aryl methyl sites for hydroxylation is 1. The summed E-state index contributed by atoms with van der Waals surface area (Å²) in [7, 11) is 1.83. The van der Waals surface area contributed by atoms with Crippen LogP contribution in [0.15, 0.2) is 34.8 Å². The fraction of sp³-hybridized carbons (Fsp3) is 0.214. The summed E-state index contributed by atoms with van der Waals surface area (Å²) in [5.41, 5.74) is 0.930. The van der Waals surface area contributed by atoms with Crippen molar-refractivity contribution in [2.75, 3.05) is 23.8 Å². The van der Waals surface area contributed by atoms with Gasteiger partial charge < -0.3 is 10.2 Å². The predicted molar refractivity (Wildman–Crippen MR) is 83.1 cm³/mol. The maximum Gasteiger partial charge on any atom is 0.136 e. The Bertz CT molecular complexity index is 650. The lowest BCUT2D eigenvalue weighted by Gasteiger charge is -2.16. The highest BCUT2D eigenvalue weighted by Crippen LogP contribution is 2.25. The number of aromatic nitrogens is 2. The summed E-state index contributed by atoms with van der Waals surface area (Å²) in [4.78, 5) is 10.5. The molecular formula is C14H14BrN5. The van der Waals surface area contributed by atoms with Gasteiger partial charge in [-0.1, -0.05) is 12.1 Å². The zero-order valence-electron chi connectivity index (χ0n) is 11.3. The maximum absolute atomic E-state index is 8.75. The second-order valence-electron chi connectivity index (χ2n) is 4.28. The second-order valence-corrected chi connectivity index (χ2v) is 5.13. The molecule has 5 nitrogen and oxygen atoms in total. The average Bonchev–Trinajstić information content (AvgIpc) is 2.41. The molecule has 0 amide bonds. The molecular weight excluding hydrogens is 318 g/mol. The van der Waals surface area contributed by atoms with Crippen LogP contribution in [0.3, 0.4) is 0 Å². The minimum absolute atomic E-state index is 0.283. The van der Waals surface area contributed by atoms with Gasteiger partial charge in [-0.3, -0.25) is 0 Å². The van der Waals surface area contributed by atoms with Crippen LogP contribution in [0.2, 0.25) is 0 Å². The smallest absolute Gasteiger partial charge is 0.136 e. The lowest BCUT2D eigenvalue weighted by atomic mass is 10.3. The van der Waals surface area contributed by atoms with E-state index in [1.54, 1.807) is 4.90 Å². The van der Waals surface area contributed by atoms with Crippen LogP contribution in [0.5, 0.6) is 0 Å². The van der Waals surface area contributed by atoms with Gasteiger partial charge >= 0.3 is 0 Å². The molecule has 0 aliphatic carbocycles. The Morgan fingerprint density at radius 3 is 2.80 bits per heavy atom. The predicted octanol–water partition coefficient (Wildman–Crippen LogP) is 3.25. The fourth-order valence-corrected chi connectivity index (χ4v) is 2.08. The summed E-state index contributed by atoms with van der Waals surface area (Å²) in [6.45, 7) is 2.11. The van der Waals surface area contributed by atoms with E-state index < -0.39 is 0 Å². The number of hydrogen-bond donors (Lipinski definition) is 1. The number of nitriles is 1. The molecule has 1 aromatic carbocycles. The van der Waals surface area contributed by atoms with E-state index in [-0.39, 0.29) is 6.54 Å². The molecule has 1 heterocycles. The fourth-order valence-electron chi connectivity index (χ4n) is 1.70. The van der Waals surface area contributed by atoms with Crippen LogP contribution in [0.4, 0.5) is 17.3 Å². The normalized spacial score (nSPS) is 9.90. The van der Waals surface area contributed by atoms with E-state index >= 15 is 0 Å². The molecule has 0 saturated carbocycles. The number of rotatable bonds is 4. The maximum atomic E-state index is 8.75. The Hall–Kier alpha value is -2.13. The number of halogens is 1. The molecule has 0 spiro atoms. The molecule has 0 unspecified atom stereocenters. The Kier molecular flexibility index (Phi) is 4.53. The topological polar surface area (TPSA) is 64.8 Å². The van der Waals surface area contributed by atoms with Gasteiger partial charge in [-0.15, -0.1) is 0 Å². The lowest BCUT2D eigenvalue weighted by Crippen LogP contribution is -2.19. The van der Waals surface area contributed by atoms with Crippen molar-refractivity contribution < 1.29 is 0 Å². The molecule has 0 radical (unpaired) electrons. The molecule has 0 fully saturated rings. The highest BCUT2D eigenvalue weighted by atomic mass is 79.9. The quantitative estimate of drug-likeness (QED) is 0.871. The summed E-state index contributed by atoms with van der Waals surface area (Å²) in [5.74, 6) is 2.07. The Morgan fingerprint density at radius 2 is 2.10 bits per heavy atom. The van der Waals surface area contributed by atoms with E-state index in [1.165, 1.54) is 0 Å². The zero-order chi connectivity index (χ0) is 14.5. The lowest BCUT2D eigenvalue weighted by molar-refractivity contribution is 0.953. The molecule has 20 heavy (non-hydrogen) atoms. The zero-order valence-corrected chi connectivity index (χ0v) is 12.8. The third kappa shape index (κ3) is 3.45. The second kappa shape index (κ2) is 6.35. The largest absolute Gasteiger partial charge is 0.346 e. The van der Waals surface area contributed by atoms with Gasteiger partial charge in [-0.2, -0.15) is 5.26 Å². The van der Waals surface area contributed by atoms with Crippen molar-refractivity contribution in [1.82, 2.24) is 9.97 Å². The SMILES string of the molecule is Cc1nc(Nc2ccccc2Br)cc(N(C)CC#N)n1. The highest BCUT2D eigenvalue weighted by molar-refractivity contribution is 9.10. The van der Waals surface area contributed by atoms with E-state index in [1.807, 2.05) is 44.3 Å². The number of hydrogen-bond acceptors (Lipinski definition) is 5. The van der Waals surface area contributed by atoms with Crippen LogP contribution in [0.25, 0.3) is 0 Å². The first-order valence-corrected chi connectivity index (χ1v) is 6.85. The van der Waals surface area contributed by atoms with Gasteiger partial charge in [0.05, 0.1) is 11.8 Å². The first-order valence-electron chi connectivity index (χ1n) is 6.05. The van der Waals surface area contributed by atoms with Crippen LogP contribution >= 0.6 is 15.9 Å².